The summed E-state index contributed by atoms with van der Waals surface area (Å²) in [6, 6.07) is 20.3. The largest absolute Gasteiger partial charge is 0.497 e. The fourth-order valence-electron chi connectivity index (χ4n) is 3.41. The molecular weight excluding hydrogens is 391 g/mol. The average molecular weight is 409 g/mol. The van der Waals surface area contributed by atoms with Gasteiger partial charge in [0, 0.05) is 17.0 Å². The summed E-state index contributed by atoms with van der Waals surface area (Å²) < 4.78 is 19.6. The molecule has 4 nitrogen and oxygen atoms in total. The Morgan fingerprint density at radius 2 is 1.90 bits per heavy atom. The molecule has 0 spiro atoms. The molecular formula is C23H18ClFN2O2. The van der Waals surface area contributed by atoms with Crippen LogP contribution in [0.1, 0.15) is 33.9 Å². The summed E-state index contributed by atoms with van der Waals surface area (Å²) in [6.45, 7) is 0. The minimum Gasteiger partial charge on any atom is -0.497 e. The number of rotatable bonds is 4. The third kappa shape index (κ3) is 3.87. The minimum absolute atomic E-state index is 0.0184. The van der Waals surface area contributed by atoms with Gasteiger partial charge in [-0.3, -0.25) is 4.79 Å². The molecule has 1 atom stereocenters. The topological polar surface area (TPSA) is 41.9 Å². The zero-order valence-electron chi connectivity index (χ0n) is 15.7. The Morgan fingerprint density at radius 3 is 2.66 bits per heavy atom. The first-order valence-corrected chi connectivity index (χ1v) is 9.50. The number of methoxy groups -OCH3 is 1. The molecule has 6 heteroatoms. The molecule has 0 aliphatic carbocycles. The molecule has 0 saturated heterocycles. The molecule has 0 radical (unpaired) electrons. The molecule has 0 saturated carbocycles. The number of carbonyl (C=O) groups is 1. The van der Waals surface area contributed by atoms with E-state index in [1.807, 2.05) is 36.4 Å². The summed E-state index contributed by atoms with van der Waals surface area (Å²) in [6.07, 6.45) is 0.480. The van der Waals surface area contributed by atoms with Crippen molar-refractivity contribution in [3.05, 3.63) is 100 Å². The first-order valence-electron chi connectivity index (χ1n) is 9.12. The summed E-state index contributed by atoms with van der Waals surface area (Å²) in [7, 11) is 1.60. The smallest absolute Gasteiger partial charge is 0.277 e. The lowest BCUT2D eigenvalue weighted by atomic mass is 9.98. The maximum absolute atomic E-state index is 14.3. The Hall–Kier alpha value is -3.18. The van der Waals surface area contributed by atoms with Crippen LogP contribution >= 0.6 is 11.6 Å². The number of hydrogen-bond acceptors (Lipinski definition) is 3. The van der Waals surface area contributed by atoms with E-state index in [2.05, 4.69) is 5.10 Å². The van der Waals surface area contributed by atoms with Crippen molar-refractivity contribution in [1.29, 1.82) is 0 Å². The Morgan fingerprint density at radius 1 is 1.10 bits per heavy atom. The number of amides is 1. The Bertz CT molecular complexity index is 1100. The molecule has 3 aromatic rings. The number of hydrazone groups is 1. The van der Waals surface area contributed by atoms with Crippen molar-refractivity contribution in [1.82, 2.24) is 5.01 Å². The van der Waals surface area contributed by atoms with Crippen LogP contribution in [0, 0.1) is 5.82 Å². The zero-order valence-corrected chi connectivity index (χ0v) is 16.4. The number of nitrogens with zero attached hydrogens (tertiary/aromatic N) is 2. The van der Waals surface area contributed by atoms with Crippen molar-refractivity contribution in [3.63, 3.8) is 0 Å². The average Bonchev–Trinajstić information content (AvgIpc) is 3.19. The lowest BCUT2D eigenvalue weighted by molar-refractivity contribution is 0.0706. The van der Waals surface area contributed by atoms with E-state index in [0.29, 0.717) is 17.2 Å². The first-order chi connectivity index (χ1) is 14.1. The van der Waals surface area contributed by atoms with Gasteiger partial charge in [-0.05, 0) is 42.0 Å². The normalized spacial score (nSPS) is 15.9. The number of benzene rings is 3. The Balaban J connectivity index is 1.77. The lowest BCUT2D eigenvalue weighted by Gasteiger charge is -2.22. The molecule has 146 valence electrons. The molecule has 1 aliphatic rings. The van der Waals surface area contributed by atoms with Crippen LogP contribution in [0.15, 0.2) is 77.9 Å². The SMILES string of the molecule is COc1cccc(C2=NN(C(=O)c3ccccc3F)C(c3cccc(Cl)c3)C2)c1. The quantitative estimate of drug-likeness (QED) is 0.573. The van der Waals surface area contributed by atoms with Gasteiger partial charge in [0.2, 0.25) is 0 Å². The fourth-order valence-corrected chi connectivity index (χ4v) is 3.60. The second-order valence-electron chi connectivity index (χ2n) is 6.68. The summed E-state index contributed by atoms with van der Waals surface area (Å²) >= 11 is 6.17. The van der Waals surface area contributed by atoms with E-state index in [4.69, 9.17) is 16.3 Å². The van der Waals surface area contributed by atoms with Crippen LogP contribution in [0.25, 0.3) is 0 Å². The van der Waals surface area contributed by atoms with Crippen LogP contribution in [-0.2, 0) is 0 Å². The van der Waals surface area contributed by atoms with E-state index in [9.17, 15) is 9.18 Å². The second kappa shape index (κ2) is 8.05. The van der Waals surface area contributed by atoms with Crippen molar-refractivity contribution in [2.75, 3.05) is 7.11 Å². The summed E-state index contributed by atoms with van der Waals surface area (Å²) in [5, 5.41) is 6.49. The van der Waals surface area contributed by atoms with Gasteiger partial charge >= 0.3 is 0 Å². The number of hydrogen-bond donors (Lipinski definition) is 0. The van der Waals surface area contributed by atoms with Gasteiger partial charge in [0.25, 0.3) is 5.91 Å². The van der Waals surface area contributed by atoms with Gasteiger partial charge in [0.05, 0.1) is 24.4 Å². The molecule has 1 amide bonds. The molecule has 1 heterocycles. The molecule has 29 heavy (non-hydrogen) atoms. The molecule has 4 rings (SSSR count). The minimum atomic E-state index is -0.577. The van der Waals surface area contributed by atoms with Gasteiger partial charge < -0.3 is 4.74 Å². The van der Waals surface area contributed by atoms with Gasteiger partial charge in [-0.1, -0.05) is 48.0 Å². The molecule has 0 fully saturated rings. The standard InChI is InChI=1S/C23H18ClFN2O2/c1-29-18-9-5-6-15(13-18)21-14-22(16-7-4-8-17(24)12-16)27(26-21)23(28)19-10-2-3-11-20(19)25/h2-13,22H,14H2,1H3. The van der Waals surface area contributed by atoms with E-state index >= 15 is 0 Å². The number of ether oxygens (including phenoxy) is 1. The maximum Gasteiger partial charge on any atom is 0.277 e. The Kier molecular flexibility index (Phi) is 5.32. The summed E-state index contributed by atoms with van der Waals surface area (Å²) in [5.41, 5.74) is 2.39. The van der Waals surface area contributed by atoms with Crippen molar-refractivity contribution < 1.29 is 13.9 Å². The Labute approximate surface area is 173 Å². The summed E-state index contributed by atoms with van der Waals surface area (Å²) in [5.74, 6) is -0.373. The second-order valence-corrected chi connectivity index (χ2v) is 7.12. The highest BCUT2D eigenvalue weighted by Crippen LogP contribution is 2.35. The van der Waals surface area contributed by atoms with Crippen molar-refractivity contribution in [2.24, 2.45) is 5.10 Å². The molecule has 1 aliphatic heterocycles. The van der Waals surface area contributed by atoms with E-state index in [1.165, 1.54) is 17.1 Å². The summed E-state index contributed by atoms with van der Waals surface area (Å²) in [4.78, 5) is 13.2. The van der Waals surface area contributed by atoms with Gasteiger partial charge in [0.15, 0.2) is 0 Å². The molecule has 0 bridgehead atoms. The predicted molar refractivity (Wildman–Crippen MR) is 111 cm³/mol. The van der Waals surface area contributed by atoms with Gasteiger partial charge in [0.1, 0.15) is 11.6 Å². The van der Waals surface area contributed by atoms with Gasteiger partial charge in [-0.25, -0.2) is 9.40 Å². The van der Waals surface area contributed by atoms with E-state index in [0.717, 1.165) is 16.8 Å². The maximum atomic E-state index is 14.3. The van der Waals surface area contributed by atoms with E-state index in [1.54, 1.807) is 31.4 Å². The molecule has 1 unspecified atom stereocenters. The zero-order chi connectivity index (χ0) is 20.4. The van der Waals surface area contributed by atoms with Crippen LogP contribution in [0.2, 0.25) is 5.02 Å². The van der Waals surface area contributed by atoms with Gasteiger partial charge in [-0.15, -0.1) is 0 Å². The van der Waals surface area contributed by atoms with Crippen LogP contribution in [0.3, 0.4) is 0 Å². The third-order valence-electron chi connectivity index (χ3n) is 4.86. The van der Waals surface area contributed by atoms with Crippen molar-refractivity contribution in [3.8, 4) is 5.75 Å². The van der Waals surface area contributed by atoms with E-state index in [-0.39, 0.29) is 11.6 Å². The monoisotopic (exact) mass is 408 g/mol. The highest BCUT2D eigenvalue weighted by molar-refractivity contribution is 6.30. The van der Waals surface area contributed by atoms with E-state index < -0.39 is 11.7 Å². The third-order valence-corrected chi connectivity index (χ3v) is 5.09. The highest BCUT2D eigenvalue weighted by atomic mass is 35.5. The number of halogens is 2. The van der Waals surface area contributed by atoms with Crippen LogP contribution < -0.4 is 4.74 Å². The van der Waals surface area contributed by atoms with Gasteiger partial charge in [-0.2, -0.15) is 5.10 Å². The molecule has 0 aromatic heterocycles. The predicted octanol–water partition coefficient (Wildman–Crippen LogP) is 5.48. The first kappa shape index (κ1) is 19.2. The number of carbonyl (C=O) groups excluding carboxylic acids is 1. The van der Waals surface area contributed by atoms with Crippen molar-refractivity contribution >= 4 is 23.2 Å². The fraction of sp³-hybridized carbons (Fsp3) is 0.130. The van der Waals surface area contributed by atoms with Crippen LogP contribution in [0.5, 0.6) is 5.75 Å². The van der Waals surface area contributed by atoms with Crippen LogP contribution in [0.4, 0.5) is 4.39 Å². The van der Waals surface area contributed by atoms with Crippen molar-refractivity contribution in [2.45, 2.75) is 12.5 Å². The lowest BCUT2D eigenvalue weighted by Crippen LogP contribution is -2.27. The molecule has 3 aromatic carbocycles. The highest BCUT2D eigenvalue weighted by Gasteiger charge is 2.34. The molecule has 0 N–H and O–H groups in total. The van der Waals surface area contributed by atoms with Crippen LogP contribution in [-0.4, -0.2) is 23.7 Å².